The Labute approximate surface area is 263 Å². The standard InChI is InChI=1S/C34H31BrClN3O4/c1-20(2)26-16-27(21(3)14-30(26)41-4)33-38-29-9-7-6-8-25(29)34(40)39(33)37-18-23-15-31(42-5)32(17-28(23)35)43-19-22-10-12-24(36)13-11-22/h6-18,20H,19H2,1-5H3. The number of aryl methyl sites for hydroxylation is 1. The molecular formula is C34H31BrClN3O4. The summed E-state index contributed by atoms with van der Waals surface area (Å²) in [6.45, 7) is 6.52. The van der Waals surface area contributed by atoms with Crippen LogP contribution in [0.15, 0.2) is 87.2 Å². The largest absolute Gasteiger partial charge is 0.496 e. The summed E-state index contributed by atoms with van der Waals surface area (Å²) in [4.78, 5) is 18.7. The molecule has 0 aliphatic heterocycles. The molecule has 7 nitrogen and oxygen atoms in total. The first kappa shape index (κ1) is 30.3. The van der Waals surface area contributed by atoms with E-state index in [9.17, 15) is 4.79 Å². The highest BCUT2D eigenvalue weighted by Gasteiger charge is 2.19. The number of hydrogen-bond acceptors (Lipinski definition) is 6. The first-order valence-electron chi connectivity index (χ1n) is 13.7. The van der Waals surface area contributed by atoms with Crippen LogP contribution in [0.1, 0.15) is 42.0 Å². The molecule has 1 aromatic heterocycles. The van der Waals surface area contributed by atoms with Crippen molar-refractivity contribution in [1.29, 1.82) is 0 Å². The van der Waals surface area contributed by atoms with E-state index < -0.39 is 0 Å². The smallest absolute Gasteiger partial charge is 0.282 e. The van der Waals surface area contributed by atoms with Crippen LogP contribution in [0.4, 0.5) is 0 Å². The summed E-state index contributed by atoms with van der Waals surface area (Å²) >= 11 is 9.63. The third kappa shape index (κ3) is 6.45. The van der Waals surface area contributed by atoms with E-state index in [0.717, 1.165) is 28.0 Å². The Hall–Kier alpha value is -4.14. The number of ether oxygens (including phenoxy) is 3. The van der Waals surface area contributed by atoms with Gasteiger partial charge >= 0.3 is 0 Å². The third-order valence-electron chi connectivity index (χ3n) is 7.10. The van der Waals surface area contributed by atoms with Crippen molar-refractivity contribution in [3.05, 3.63) is 115 Å². The lowest BCUT2D eigenvalue weighted by Gasteiger charge is -2.17. The molecule has 0 N–H and O–H groups in total. The maximum atomic E-state index is 13.8. The molecule has 9 heteroatoms. The second-order valence-electron chi connectivity index (χ2n) is 10.3. The lowest BCUT2D eigenvalue weighted by atomic mass is 9.96. The van der Waals surface area contributed by atoms with Crippen LogP contribution < -0.4 is 19.8 Å². The maximum absolute atomic E-state index is 13.8. The van der Waals surface area contributed by atoms with E-state index in [4.69, 9.17) is 30.8 Å². The van der Waals surface area contributed by atoms with Crippen LogP contribution in [0.3, 0.4) is 0 Å². The monoisotopic (exact) mass is 659 g/mol. The number of methoxy groups -OCH3 is 2. The van der Waals surface area contributed by atoms with Crippen molar-refractivity contribution in [2.75, 3.05) is 14.2 Å². The molecule has 0 aliphatic rings. The number of aromatic nitrogens is 2. The summed E-state index contributed by atoms with van der Waals surface area (Å²) in [5.41, 5.74) is 4.71. The van der Waals surface area contributed by atoms with Gasteiger partial charge in [-0.15, -0.1) is 0 Å². The van der Waals surface area contributed by atoms with Crippen molar-refractivity contribution in [2.24, 2.45) is 5.10 Å². The summed E-state index contributed by atoms with van der Waals surface area (Å²) in [5, 5.41) is 5.81. The Balaban J connectivity index is 1.58. The molecular weight excluding hydrogens is 630 g/mol. The van der Waals surface area contributed by atoms with E-state index in [1.165, 1.54) is 4.68 Å². The van der Waals surface area contributed by atoms with Crippen molar-refractivity contribution in [1.82, 2.24) is 9.66 Å². The van der Waals surface area contributed by atoms with Crippen LogP contribution in [-0.4, -0.2) is 30.1 Å². The minimum atomic E-state index is -0.274. The second kappa shape index (κ2) is 13.0. The summed E-state index contributed by atoms with van der Waals surface area (Å²) in [6, 6.07) is 22.4. The predicted octanol–water partition coefficient (Wildman–Crippen LogP) is 8.39. The van der Waals surface area contributed by atoms with Crippen molar-refractivity contribution in [3.8, 4) is 28.6 Å². The highest BCUT2D eigenvalue weighted by molar-refractivity contribution is 9.10. The first-order chi connectivity index (χ1) is 20.7. The Morgan fingerprint density at radius 2 is 1.70 bits per heavy atom. The number of hydrogen-bond donors (Lipinski definition) is 0. The van der Waals surface area contributed by atoms with Crippen LogP contribution in [0.2, 0.25) is 5.02 Å². The van der Waals surface area contributed by atoms with Crippen LogP contribution in [0.5, 0.6) is 17.2 Å². The summed E-state index contributed by atoms with van der Waals surface area (Å²) in [7, 11) is 3.24. The Kier molecular flexibility index (Phi) is 9.18. The van der Waals surface area contributed by atoms with E-state index in [2.05, 4.69) is 34.9 Å². The zero-order chi connectivity index (χ0) is 30.7. The average Bonchev–Trinajstić information content (AvgIpc) is 3.00. The minimum absolute atomic E-state index is 0.197. The van der Waals surface area contributed by atoms with Gasteiger partial charge < -0.3 is 14.2 Å². The molecule has 0 fully saturated rings. The van der Waals surface area contributed by atoms with E-state index in [0.29, 0.717) is 49.9 Å². The van der Waals surface area contributed by atoms with E-state index >= 15 is 0 Å². The maximum Gasteiger partial charge on any atom is 0.282 e. The second-order valence-corrected chi connectivity index (χ2v) is 11.6. The molecule has 0 spiro atoms. The zero-order valence-electron chi connectivity index (χ0n) is 24.5. The highest BCUT2D eigenvalue weighted by Crippen LogP contribution is 2.35. The van der Waals surface area contributed by atoms with Crippen LogP contribution >= 0.6 is 27.5 Å². The van der Waals surface area contributed by atoms with Gasteiger partial charge in [-0.1, -0.05) is 49.7 Å². The Bertz CT molecular complexity index is 1880. The molecule has 5 rings (SSSR count). The molecule has 0 saturated heterocycles. The lowest BCUT2D eigenvalue weighted by Crippen LogP contribution is -2.21. The SMILES string of the molecule is COc1cc(C=Nn2c(-c3cc(C(C)C)c(OC)cc3C)nc3ccccc3c2=O)c(Br)cc1OCc1ccc(Cl)cc1. The number of benzene rings is 4. The van der Waals surface area contributed by atoms with Gasteiger partial charge in [-0.2, -0.15) is 9.78 Å². The van der Waals surface area contributed by atoms with E-state index in [1.54, 1.807) is 32.6 Å². The van der Waals surface area contributed by atoms with Gasteiger partial charge in [-0.05, 0) is 94.0 Å². The van der Waals surface area contributed by atoms with Gasteiger partial charge in [0.25, 0.3) is 5.56 Å². The summed E-state index contributed by atoms with van der Waals surface area (Å²) in [5.74, 6) is 2.51. The van der Waals surface area contributed by atoms with Gasteiger partial charge in [0, 0.05) is 20.6 Å². The zero-order valence-corrected chi connectivity index (χ0v) is 26.9. The van der Waals surface area contributed by atoms with Gasteiger partial charge in [0.1, 0.15) is 12.4 Å². The quantitative estimate of drug-likeness (QED) is 0.149. The molecule has 4 aromatic carbocycles. The van der Waals surface area contributed by atoms with Crippen LogP contribution in [-0.2, 0) is 6.61 Å². The van der Waals surface area contributed by atoms with Crippen LogP contribution in [0.25, 0.3) is 22.3 Å². The summed E-state index contributed by atoms with van der Waals surface area (Å²) in [6.07, 6.45) is 1.61. The minimum Gasteiger partial charge on any atom is -0.496 e. The third-order valence-corrected chi connectivity index (χ3v) is 8.03. The molecule has 43 heavy (non-hydrogen) atoms. The molecule has 0 aliphatic carbocycles. The fraction of sp³-hybridized carbons (Fsp3) is 0.206. The van der Waals surface area contributed by atoms with Gasteiger partial charge in [-0.3, -0.25) is 4.79 Å². The van der Waals surface area contributed by atoms with Gasteiger partial charge in [0.15, 0.2) is 17.3 Å². The van der Waals surface area contributed by atoms with Gasteiger partial charge in [0.05, 0.1) is 31.3 Å². The van der Waals surface area contributed by atoms with Crippen molar-refractivity contribution >= 4 is 44.6 Å². The van der Waals surface area contributed by atoms with Crippen molar-refractivity contribution in [3.63, 3.8) is 0 Å². The molecule has 0 saturated carbocycles. The van der Waals surface area contributed by atoms with Crippen LogP contribution in [0, 0.1) is 6.92 Å². The average molecular weight is 661 g/mol. The van der Waals surface area contributed by atoms with E-state index in [-0.39, 0.29) is 11.5 Å². The topological polar surface area (TPSA) is 74.9 Å². The molecule has 0 unspecified atom stereocenters. The number of halogens is 2. The predicted molar refractivity (Wildman–Crippen MR) is 176 cm³/mol. The summed E-state index contributed by atoms with van der Waals surface area (Å²) < 4.78 is 19.4. The fourth-order valence-corrected chi connectivity index (χ4v) is 5.31. The number of rotatable bonds is 9. The number of fused-ring (bicyclic) bond motifs is 1. The molecule has 0 amide bonds. The van der Waals surface area contributed by atoms with E-state index in [1.807, 2.05) is 67.6 Å². The van der Waals surface area contributed by atoms with Crippen molar-refractivity contribution < 1.29 is 14.2 Å². The molecule has 1 heterocycles. The normalized spacial score (nSPS) is 11.4. The first-order valence-corrected chi connectivity index (χ1v) is 14.9. The molecule has 0 radical (unpaired) electrons. The fourth-order valence-electron chi connectivity index (χ4n) is 4.76. The number of para-hydroxylation sites is 1. The van der Waals surface area contributed by atoms with Gasteiger partial charge in [-0.25, -0.2) is 4.98 Å². The van der Waals surface area contributed by atoms with Gasteiger partial charge in [0.2, 0.25) is 0 Å². The van der Waals surface area contributed by atoms with Crippen molar-refractivity contribution in [2.45, 2.75) is 33.3 Å². The molecule has 220 valence electrons. The highest BCUT2D eigenvalue weighted by atomic mass is 79.9. The Morgan fingerprint density at radius 1 is 0.977 bits per heavy atom. The number of nitrogens with zero attached hydrogens (tertiary/aromatic N) is 3. The molecule has 0 atom stereocenters. The lowest BCUT2D eigenvalue weighted by molar-refractivity contribution is 0.284. The Morgan fingerprint density at radius 3 is 2.40 bits per heavy atom. The molecule has 5 aromatic rings. The molecule has 0 bridgehead atoms.